The van der Waals surface area contributed by atoms with Crippen LogP contribution < -0.4 is 5.32 Å². The summed E-state index contributed by atoms with van der Waals surface area (Å²) in [5.74, 6) is -0.186. The molecule has 1 N–H and O–H groups in total. The average molecular weight is 303 g/mol. The molecule has 1 aromatic heterocycles. The summed E-state index contributed by atoms with van der Waals surface area (Å²) in [5, 5.41) is 2.88. The number of hydrogen-bond donors (Lipinski definition) is 1. The molecule has 0 radical (unpaired) electrons. The zero-order valence-corrected chi connectivity index (χ0v) is 13.1. The van der Waals surface area contributed by atoms with Gasteiger partial charge in [0.2, 0.25) is 5.91 Å². The second kappa shape index (κ2) is 6.40. The molecule has 0 aliphatic carbocycles. The lowest BCUT2D eigenvalue weighted by Crippen LogP contribution is -2.09. The first-order chi connectivity index (χ1) is 11.1. The third-order valence-corrected chi connectivity index (χ3v) is 3.74. The fraction of sp³-hybridized carbons (Fsp3) is 0.105. The number of fused-ring (bicyclic) bond motifs is 1. The molecule has 0 saturated heterocycles. The van der Waals surface area contributed by atoms with Gasteiger partial charge in [0.05, 0.1) is 22.9 Å². The highest BCUT2D eigenvalue weighted by Crippen LogP contribution is 2.18. The van der Waals surface area contributed by atoms with Crippen LogP contribution in [0.2, 0.25) is 0 Å². The zero-order chi connectivity index (χ0) is 16.2. The van der Waals surface area contributed by atoms with E-state index in [0.29, 0.717) is 5.69 Å². The van der Waals surface area contributed by atoms with Crippen LogP contribution in [0.25, 0.3) is 17.1 Å². The van der Waals surface area contributed by atoms with Crippen LogP contribution in [0.1, 0.15) is 16.8 Å². The molecule has 23 heavy (non-hydrogen) atoms. The fourth-order valence-corrected chi connectivity index (χ4v) is 2.27. The molecule has 3 aromatic rings. The summed E-state index contributed by atoms with van der Waals surface area (Å²) in [6, 6.07) is 13.5. The maximum absolute atomic E-state index is 12.1. The molecule has 0 aliphatic heterocycles. The van der Waals surface area contributed by atoms with Gasteiger partial charge in [-0.25, -0.2) is 4.98 Å². The minimum absolute atomic E-state index is 0.186. The summed E-state index contributed by atoms with van der Waals surface area (Å²) in [6.07, 6.45) is 4.80. The van der Waals surface area contributed by atoms with E-state index in [-0.39, 0.29) is 5.91 Å². The largest absolute Gasteiger partial charge is 0.322 e. The number of benzene rings is 2. The van der Waals surface area contributed by atoms with Crippen LogP contribution in [0.15, 0.2) is 54.7 Å². The molecule has 0 spiro atoms. The van der Waals surface area contributed by atoms with Gasteiger partial charge < -0.3 is 5.32 Å². The number of aromatic nitrogens is 2. The van der Waals surface area contributed by atoms with Gasteiger partial charge in [0.25, 0.3) is 0 Å². The Bertz CT molecular complexity index is 900. The Morgan fingerprint density at radius 1 is 1.04 bits per heavy atom. The van der Waals surface area contributed by atoms with E-state index >= 15 is 0 Å². The lowest BCUT2D eigenvalue weighted by Gasteiger charge is -2.08. The van der Waals surface area contributed by atoms with Crippen LogP contribution in [0.3, 0.4) is 0 Å². The quantitative estimate of drug-likeness (QED) is 0.747. The topological polar surface area (TPSA) is 54.9 Å². The van der Waals surface area contributed by atoms with E-state index in [1.165, 1.54) is 6.08 Å². The molecular weight excluding hydrogens is 286 g/mol. The van der Waals surface area contributed by atoms with Crippen LogP contribution in [-0.4, -0.2) is 15.9 Å². The van der Waals surface area contributed by atoms with Crippen molar-refractivity contribution in [3.8, 4) is 0 Å². The summed E-state index contributed by atoms with van der Waals surface area (Å²) < 4.78 is 0. The van der Waals surface area contributed by atoms with Gasteiger partial charge >= 0.3 is 0 Å². The van der Waals surface area contributed by atoms with Crippen molar-refractivity contribution in [1.29, 1.82) is 0 Å². The van der Waals surface area contributed by atoms with E-state index in [9.17, 15) is 4.79 Å². The molecule has 2 aromatic carbocycles. The third-order valence-electron chi connectivity index (χ3n) is 3.74. The van der Waals surface area contributed by atoms with Crippen molar-refractivity contribution in [1.82, 2.24) is 9.97 Å². The van der Waals surface area contributed by atoms with Crippen LogP contribution in [0.4, 0.5) is 5.69 Å². The first-order valence-corrected chi connectivity index (χ1v) is 7.40. The van der Waals surface area contributed by atoms with Crippen LogP contribution in [0, 0.1) is 13.8 Å². The number of aryl methyl sites for hydroxylation is 1. The maximum atomic E-state index is 12.1. The second-order valence-electron chi connectivity index (χ2n) is 5.35. The Morgan fingerprint density at radius 2 is 1.83 bits per heavy atom. The molecule has 3 rings (SSSR count). The Balaban J connectivity index is 1.75. The Kier molecular flexibility index (Phi) is 4.15. The number of rotatable bonds is 3. The van der Waals surface area contributed by atoms with E-state index in [2.05, 4.69) is 15.3 Å². The average Bonchev–Trinajstić information content (AvgIpc) is 2.57. The number of nitrogens with zero attached hydrogens (tertiary/aromatic N) is 2. The Labute approximate surface area is 134 Å². The number of nitrogens with one attached hydrogen (secondary N) is 1. The summed E-state index contributed by atoms with van der Waals surface area (Å²) >= 11 is 0. The first-order valence-electron chi connectivity index (χ1n) is 7.40. The first kappa shape index (κ1) is 14.9. The van der Waals surface area contributed by atoms with Crippen LogP contribution in [-0.2, 0) is 4.79 Å². The summed E-state index contributed by atoms with van der Waals surface area (Å²) in [4.78, 5) is 20.8. The monoisotopic (exact) mass is 303 g/mol. The van der Waals surface area contributed by atoms with Crippen molar-refractivity contribution >= 4 is 28.7 Å². The fourth-order valence-electron chi connectivity index (χ4n) is 2.27. The smallest absolute Gasteiger partial charge is 0.248 e. The maximum Gasteiger partial charge on any atom is 0.248 e. The lowest BCUT2D eigenvalue weighted by atomic mass is 10.1. The molecule has 0 saturated carbocycles. The van der Waals surface area contributed by atoms with Crippen LogP contribution >= 0.6 is 0 Å². The normalized spacial score (nSPS) is 11.0. The number of amides is 1. The van der Waals surface area contributed by atoms with Gasteiger partial charge in [0.1, 0.15) is 0 Å². The van der Waals surface area contributed by atoms with E-state index in [0.717, 1.165) is 27.8 Å². The molecule has 114 valence electrons. The molecule has 0 aliphatic rings. The van der Waals surface area contributed by atoms with Gasteiger partial charge in [0, 0.05) is 11.8 Å². The number of para-hydroxylation sites is 2. The Morgan fingerprint density at radius 3 is 2.65 bits per heavy atom. The molecule has 1 heterocycles. The van der Waals surface area contributed by atoms with Gasteiger partial charge in [-0.15, -0.1) is 0 Å². The van der Waals surface area contributed by atoms with Gasteiger partial charge in [-0.3, -0.25) is 9.78 Å². The minimum Gasteiger partial charge on any atom is -0.322 e. The van der Waals surface area contributed by atoms with Gasteiger partial charge in [-0.05, 0) is 49.2 Å². The molecular formula is C19H17N3O. The Hall–Kier alpha value is -3.01. The minimum atomic E-state index is -0.186. The predicted molar refractivity (Wildman–Crippen MR) is 93.1 cm³/mol. The number of carbonyl (C=O) groups excluding carboxylic acids is 1. The molecule has 1 amide bonds. The van der Waals surface area contributed by atoms with Gasteiger partial charge in [-0.2, -0.15) is 0 Å². The highest BCUT2D eigenvalue weighted by atomic mass is 16.1. The zero-order valence-electron chi connectivity index (χ0n) is 13.1. The number of anilines is 1. The summed E-state index contributed by atoms with van der Waals surface area (Å²) in [5.41, 5.74) is 5.34. The van der Waals surface area contributed by atoms with Crippen molar-refractivity contribution < 1.29 is 4.79 Å². The molecule has 4 heteroatoms. The molecule has 0 atom stereocenters. The SMILES string of the molecule is Cc1cccc(NC(=O)/C=C/c2cnc3ccccc3n2)c1C. The predicted octanol–water partition coefficient (Wildman–Crippen LogP) is 3.90. The molecule has 4 nitrogen and oxygen atoms in total. The molecule has 0 bridgehead atoms. The summed E-state index contributed by atoms with van der Waals surface area (Å²) in [7, 11) is 0. The van der Waals surface area contributed by atoms with Gasteiger partial charge in [0.15, 0.2) is 0 Å². The highest BCUT2D eigenvalue weighted by molar-refractivity contribution is 6.02. The summed E-state index contributed by atoms with van der Waals surface area (Å²) in [6.45, 7) is 4.01. The molecule has 0 fully saturated rings. The highest BCUT2D eigenvalue weighted by Gasteiger charge is 2.03. The lowest BCUT2D eigenvalue weighted by molar-refractivity contribution is -0.111. The number of hydrogen-bond acceptors (Lipinski definition) is 3. The van der Waals surface area contributed by atoms with Crippen molar-refractivity contribution in [2.24, 2.45) is 0 Å². The van der Waals surface area contributed by atoms with E-state index < -0.39 is 0 Å². The van der Waals surface area contributed by atoms with Crippen molar-refractivity contribution in [3.05, 3.63) is 71.6 Å². The van der Waals surface area contributed by atoms with E-state index in [4.69, 9.17) is 0 Å². The van der Waals surface area contributed by atoms with Crippen molar-refractivity contribution in [3.63, 3.8) is 0 Å². The van der Waals surface area contributed by atoms with E-state index in [1.54, 1.807) is 12.3 Å². The van der Waals surface area contributed by atoms with Crippen molar-refractivity contribution in [2.45, 2.75) is 13.8 Å². The van der Waals surface area contributed by atoms with Crippen molar-refractivity contribution in [2.75, 3.05) is 5.32 Å². The number of carbonyl (C=O) groups is 1. The second-order valence-corrected chi connectivity index (χ2v) is 5.35. The van der Waals surface area contributed by atoms with E-state index in [1.807, 2.05) is 56.3 Å². The molecule has 0 unspecified atom stereocenters. The third kappa shape index (κ3) is 3.43. The standard InChI is InChI=1S/C19H17N3O/c1-13-6-5-9-16(14(13)2)22-19(23)11-10-15-12-20-17-7-3-4-8-18(17)21-15/h3-12H,1-2H3,(H,22,23)/b11-10+. The van der Waals surface area contributed by atoms with Gasteiger partial charge in [-0.1, -0.05) is 24.3 Å². The van der Waals surface area contributed by atoms with Crippen LogP contribution in [0.5, 0.6) is 0 Å².